The number of allylic oxidation sites excluding steroid dienone is 2. The first-order valence-corrected chi connectivity index (χ1v) is 4.80. The van der Waals surface area contributed by atoms with E-state index in [1.807, 2.05) is 25.2 Å². The van der Waals surface area contributed by atoms with Crippen LogP contribution in [-0.2, 0) is 0 Å². The highest BCUT2D eigenvalue weighted by molar-refractivity contribution is 4.89. The highest BCUT2D eigenvalue weighted by atomic mass is 16.3. The molecular weight excluding hydrogens is 164 g/mol. The molecule has 0 radical (unpaired) electrons. The largest absolute Gasteiger partial charge is 0.393 e. The number of aliphatic hydroxyl groups excluding tert-OH is 2. The number of hydrogen-bond donors (Lipinski definition) is 2. The minimum Gasteiger partial charge on any atom is -0.393 e. The number of rotatable bonds is 6. The summed E-state index contributed by atoms with van der Waals surface area (Å²) in [6.07, 6.45) is 9.29. The summed E-state index contributed by atoms with van der Waals surface area (Å²) in [6, 6.07) is 0. The molecule has 0 unspecified atom stereocenters. The third-order valence-corrected chi connectivity index (χ3v) is 1.69. The average molecular weight is 184 g/mol. The van der Waals surface area contributed by atoms with Gasteiger partial charge in [-0.15, -0.1) is 0 Å². The standard InChI is InChI=1S/C11H20O2/c1-3-7-11(13)9-6-4-5-8-10(2)12/h3-5,7,10-13H,6,8-9H2,1-2H3/b5-4-,7-3+/t10-,11-/m0/s1. The second-order valence-electron chi connectivity index (χ2n) is 3.23. The first-order chi connectivity index (χ1) is 6.16. The molecule has 0 saturated carbocycles. The van der Waals surface area contributed by atoms with Gasteiger partial charge in [-0.1, -0.05) is 24.3 Å². The molecule has 2 nitrogen and oxygen atoms in total. The quantitative estimate of drug-likeness (QED) is 0.620. The van der Waals surface area contributed by atoms with Gasteiger partial charge in [0.05, 0.1) is 12.2 Å². The van der Waals surface area contributed by atoms with E-state index in [1.54, 1.807) is 13.0 Å². The molecule has 13 heavy (non-hydrogen) atoms. The van der Waals surface area contributed by atoms with E-state index in [9.17, 15) is 5.11 Å². The topological polar surface area (TPSA) is 40.5 Å². The summed E-state index contributed by atoms with van der Waals surface area (Å²) in [5.41, 5.74) is 0. The summed E-state index contributed by atoms with van der Waals surface area (Å²) in [7, 11) is 0. The minimum atomic E-state index is -0.332. The van der Waals surface area contributed by atoms with Crippen LogP contribution in [0.1, 0.15) is 33.1 Å². The maximum atomic E-state index is 9.29. The summed E-state index contributed by atoms with van der Waals surface area (Å²) in [5, 5.41) is 18.2. The van der Waals surface area contributed by atoms with Crippen molar-refractivity contribution in [1.29, 1.82) is 0 Å². The Morgan fingerprint density at radius 3 is 2.46 bits per heavy atom. The lowest BCUT2D eigenvalue weighted by Crippen LogP contribution is -2.00. The van der Waals surface area contributed by atoms with Gasteiger partial charge in [0.25, 0.3) is 0 Å². The molecule has 0 aliphatic carbocycles. The molecule has 0 amide bonds. The van der Waals surface area contributed by atoms with Crippen LogP contribution in [0.15, 0.2) is 24.3 Å². The molecule has 76 valence electrons. The fraction of sp³-hybridized carbons (Fsp3) is 0.636. The fourth-order valence-electron chi connectivity index (χ4n) is 0.996. The van der Waals surface area contributed by atoms with E-state index in [1.165, 1.54) is 0 Å². The average Bonchev–Trinajstić information content (AvgIpc) is 2.03. The van der Waals surface area contributed by atoms with Crippen molar-refractivity contribution in [3.05, 3.63) is 24.3 Å². The molecule has 0 fully saturated rings. The second-order valence-corrected chi connectivity index (χ2v) is 3.23. The van der Waals surface area contributed by atoms with Crippen LogP contribution in [0.4, 0.5) is 0 Å². The lowest BCUT2D eigenvalue weighted by atomic mass is 10.1. The molecule has 0 aromatic rings. The van der Waals surface area contributed by atoms with Crippen LogP contribution >= 0.6 is 0 Å². The van der Waals surface area contributed by atoms with Gasteiger partial charge in [-0.2, -0.15) is 0 Å². The van der Waals surface area contributed by atoms with Gasteiger partial charge in [0.15, 0.2) is 0 Å². The van der Waals surface area contributed by atoms with Crippen molar-refractivity contribution in [3.63, 3.8) is 0 Å². The molecule has 2 heteroatoms. The van der Waals surface area contributed by atoms with E-state index < -0.39 is 0 Å². The monoisotopic (exact) mass is 184 g/mol. The Labute approximate surface area is 80.6 Å². The molecular formula is C11H20O2. The van der Waals surface area contributed by atoms with E-state index in [-0.39, 0.29) is 12.2 Å². The van der Waals surface area contributed by atoms with E-state index in [0.717, 1.165) is 12.8 Å². The summed E-state index contributed by atoms with van der Waals surface area (Å²) in [4.78, 5) is 0. The van der Waals surface area contributed by atoms with E-state index >= 15 is 0 Å². The number of hydrogen-bond acceptors (Lipinski definition) is 2. The Kier molecular flexibility index (Phi) is 7.65. The normalized spacial score (nSPS) is 16.9. The van der Waals surface area contributed by atoms with Crippen molar-refractivity contribution in [2.24, 2.45) is 0 Å². The summed E-state index contributed by atoms with van der Waals surface area (Å²) in [5.74, 6) is 0. The SMILES string of the molecule is C/C=C/[C@H](O)CC/C=C\C[C@H](C)O. The van der Waals surface area contributed by atoms with Crippen LogP contribution in [-0.4, -0.2) is 22.4 Å². The van der Waals surface area contributed by atoms with Gasteiger partial charge in [0.2, 0.25) is 0 Å². The molecule has 0 aromatic heterocycles. The highest BCUT2D eigenvalue weighted by Crippen LogP contribution is 2.01. The zero-order valence-corrected chi connectivity index (χ0v) is 8.48. The predicted octanol–water partition coefficient (Wildman–Crippen LogP) is 2.03. The number of aliphatic hydroxyl groups is 2. The van der Waals surface area contributed by atoms with Crippen LogP contribution < -0.4 is 0 Å². The zero-order chi connectivity index (χ0) is 10.1. The van der Waals surface area contributed by atoms with Gasteiger partial charge in [-0.25, -0.2) is 0 Å². The van der Waals surface area contributed by atoms with Gasteiger partial charge in [-0.05, 0) is 33.1 Å². The first kappa shape index (κ1) is 12.4. The molecule has 2 atom stereocenters. The molecule has 2 N–H and O–H groups in total. The van der Waals surface area contributed by atoms with Crippen LogP contribution in [0.3, 0.4) is 0 Å². The van der Waals surface area contributed by atoms with Crippen molar-refractivity contribution in [1.82, 2.24) is 0 Å². The van der Waals surface area contributed by atoms with E-state index in [4.69, 9.17) is 5.11 Å². The van der Waals surface area contributed by atoms with Crippen molar-refractivity contribution < 1.29 is 10.2 Å². The van der Waals surface area contributed by atoms with Crippen LogP contribution in [0.5, 0.6) is 0 Å². The Hall–Kier alpha value is -0.600. The highest BCUT2D eigenvalue weighted by Gasteiger charge is 1.95. The predicted molar refractivity (Wildman–Crippen MR) is 55.5 cm³/mol. The maximum absolute atomic E-state index is 9.29. The fourth-order valence-corrected chi connectivity index (χ4v) is 0.996. The Morgan fingerprint density at radius 1 is 1.23 bits per heavy atom. The molecule has 0 spiro atoms. The van der Waals surface area contributed by atoms with Crippen molar-refractivity contribution >= 4 is 0 Å². The van der Waals surface area contributed by atoms with Crippen LogP contribution in [0, 0.1) is 0 Å². The molecule has 0 aromatic carbocycles. The Bertz CT molecular complexity index is 159. The van der Waals surface area contributed by atoms with E-state index in [2.05, 4.69) is 0 Å². The van der Waals surface area contributed by atoms with Crippen molar-refractivity contribution in [2.75, 3.05) is 0 Å². The van der Waals surface area contributed by atoms with Crippen molar-refractivity contribution in [2.45, 2.75) is 45.3 Å². The molecule has 0 saturated heterocycles. The van der Waals surface area contributed by atoms with Gasteiger partial charge in [0, 0.05) is 0 Å². The molecule has 0 bridgehead atoms. The van der Waals surface area contributed by atoms with Gasteiger partial charge in [-0.3, -0.25) is 0 Å². The molecule has 0 rings (SSSR count). The van der Waals surface area contributed by atoms with Gasteiger partial charge >= 0.3 is 0 Å². The van der Waals surface area contributed by atoms with E-state index in [0.29, 0.717) is 6.42 Å². The summed E-state index contributed by atoms with van der Waals surface area (Å²) >= 11 is 0. The third kappa shape index (κ3) is 9.31. The molecule has 0 aliphatic heterocycles. The Balaban J connectivity index is 3.38. The Morgan fingerprint density at radius 2 is 1.92 bits per heavy atom. The first-order valence-electron chi connectivity index (χ1n) is 4.80. The summed E-state index contributed by atoms with van der Waals surface area (Å²) in [6.45, 7) is 3.66. The molecule has 0 heterocycles. The van der Waals surface area contributed by atoms with Crippen molar-refractivity contribution in [3.8, 4) is 0 Å². The third-order valence-electron chi connectivity index (χ3n) is 1.69. The van der Waals surface area contributed by atoms with Crippen LogP contribution in [0.2, 0.25) is 0 Å². The zero-order valence-electron chi connectivity index (χ0n) is 8.48. The minimum absolute atomic E-state index is 0.267. The summed E-state index contributed by atoms with van der Waals surface area (Å²) < 4.78 is 0. The van der Waals surface area contributed by atoms with Gasteiger partial charge < -0.3 is 10.2 Å². The van der Waals surface area contributed by atoms with Crippen LogP contribution in [0.25, 0.3) is 0 Å². The second kappa shape index (κ2) is 8.02. The lowest BCUT2D eigenvalue weighted by Gasteiger charge is -2.01. The van der Waals surface area contributed by atoms with Gasteiger partial charge in [0.1, 0.15) is 0 Å². The smallest absolute Gasteiger partial charge is 0.0723 e. The molecule has 0 aliphatic rings. The maximum Gasteiger partial charge on any atom is 0.0723 e. The lowest BCUT2D eigenvalue weighted by molar-refractivity contribution is 0.198.